The van der Waals surface area contributed by atoms with Crippen molar-refractivity contribution in [3.8, 4) is 11.5 Å². The van der Waals surface area contributed by atoms with Crippen molar-refractivity contribution in [1.82, 2.24) is 4.90 Å². The molecule has 0 radical (unpaired) electrons. The third kappa shape index (κ3) is 6.46. The SMILES string of the molecule is COc1cc(CN(CCN)C(=O)C=C(C)C)ccc1OCc1ccccc1. The zero-order chi connectivity index (χ0) is 19.6. The standard InChI is InChI=1S/C22H28N2O3/c1-17(2)13-22(25)24(12-11-23)15-19-9-10-20(21(14-19)26-3)27-16-18-7-5-4-6-8-18/h4-10,13-14H,11-12,15-16,23H2,1-3H3. The lowest BCUT2D eigenvalue weighted by atomic mass is 10.1. The van der Waals surface area contributed by atoms with E-state index in [1.807, 2.05) is 62.4 Å². The fraction of sp³-hybridized carbons (Fsp3) is 0.318. The molecule has 2 aromatic carbocycles. The van der Waals surface area contributed by atoms with E-state index in [-0.39, 0.29) is 5.91 Å². The predicted molar refractivity (Wildman–Crippen MR) is 108 cm³/mol. The molecule has 0 aliphatic carbocycles. The van der Waals surface area contributed by atoms with Crippen molar-refractivity contribution in [3.63, 3.8) is 0 Å². The Morgan fingerprint density at radius 1 is 1.07 bits per heavy atom. The van der Waals surface area contributed by atoms with Gasteiger partial charge in [0, 0.05) is 25.7 Å². The summed E-state index contributed by atoms with van der Waals surface area (Å²) < 4.78 is 11.4. The monoisotopic (exact) mass is 368 g/mol. The lowest BCUT2D eigenvalue weighted by Crippen LogP contribution is -2.33. The zero-order valence-electron chi connectivity index (χ0n) is 16.3. The van der Waals surface area contributed by atoms with Gasteiger partial charge in [-0.15, -0.1) is 0 Å². The maximum atomic E-state index is 12.4. The number of methoxy groups -OCH3 is 1. The molecule has 27 heavy (non-hydrogen) atoms. The molecule has 144 valence electrons. The van der Waals surface area contributed by atoms with Crippen LogP contribution in [0.15, 0.2) is 60.2 Å². The molecule has 0 spiro atoms. The van der Waals surface area contributed by atoms with Gasteiger partial charge >= 0.3 is 0 Å². The summed E-state index contributed by atoms with van der Waals surface area (Å²) >= 11 is 0. The van der Waals surface area contributed by atoms with Crippen molar-refractivity contribution in [1.29, 1.82) is 0 Å². The van der Waals surface area contributed by atoms with Gasteiger partial charge in [0.1, 0.15) is 6.61 Å². The van der Waals surface area contributed by atoms with E-state index in [1.165, 1.54) is 0 Å². The predicted octanol–water partition coefficient (Wildman–Crippen LogP) is 3.53. The molecule has 2 N–H and O–H groups in total. The van der Waals surface area contributed by atoms with Crippen LogP contribution in [-0.2, 0) is 17.9 Å². The largest absolute Gasteiger partial charge is 0.493 e. The van der Waals surface area contributed by atoms with E-state index < -0.39 is 0 Å². The fourth-order valence-electron chi connectivity index (χ4n) is 2.65. The molecule has 0 bridgehead atoms. The van der Waals surface area contributed by atoms with Gasteiger partial charge in [0.25, 0.3) is 0 Å². The molecule has 5 nitrogen and oxygen atoms in total. The summed E-state index contributed by atoms with van der Waals surface area (Å²) in [6.07, 6.45) is 1.63. The van der Waals surface area contributed by atoms with Gasteiger partial charge in [-0.2, -0.15) is 0 Å². The lowest BCUT2D eigenvalue weighted by molar-refractivity contribution is -0.126. The van der Waals surface area contributed by atoms with Gasteiger partial charge < -0.3 is 20.1 Å². The van der Waals surface area contributed by atoms with E-state index in [2.05, 4.69) is 0 Å². The second-order valence-electron chi connectivity index (χ2n) is 6.53. The normalized spacial score (nSPS) is 10.2. The Labute approximate surface area is 161 Å². The number of nitrogens with zero attached hydrogens (tertiary/aromatic N) is 1. The van der Waals surface area contributed by atoms with Crippen molar-refractivity contribution in [2.45, 2.75) is 27.0 Å². The minimum atomic E-state index is -0.0381. The van der Waals surface area contributed by atoms with Crippen LogP contribution in [0.5, 0.6) is 11.5 Å². The van der Waals surface area contributed by atoms with Crippen molar-refractivity contribution in [2.75, 3.05) is 20.2 Å². The summed E-state index contributed by atoms with van der Waals surface area (Å²) in [6, 6.07) is 15.7. The average Bonchev–Trinajstić information content (AvgIpc) is 2.66. The molecular formula is C22H28N2O3. The van der Waals surface area contributed by atoms with Crippen LogP contribution in [0.3, 0.4) is 0 Å². The first-order valence-corrected chi connectivity index (χ1v) is 9.01. The zero-order valence-corrected chi connectivity index (χ0v) is 16.3. The molecule has 0 saturated carbocycles. The Bertz CT molecular complexity index is 768. The van der Waals surface area contributed by atoms with Crippen LogP contribution in [0.2, 0.25) is 0 Å². The molecule has 0 unspecified atom stereocenters. The molecule has 2 rings (SSSR count). The smallest absolute Gasteiger partial charge is 0.246 e. The van der Waals surface area contributed by atoms with Crippen LogP contribution in [0, 0.1) is 0 Å². The molecule has 0 saturated heterocycles. The average molecular weight is 368 g/mol. The van der Waals surface area contributed by atoms with Crippen LogP contribution in [0.25, 0.3) is 0 Å². The summed E-state index contributed by atoms with van der Waals surface area (Å²) in [6.45, 7) is 5.65. The summed E-state index contributed by atoms with van der Waals surface area (Å²) in [4.78, 5) is 14.1. The third-order valence-corrected chi connectivity index (χ3v) is 3.96. The third-order valence-electron chi connectivity index (χ3n) is 3.96. The fourth-order valence-corrected chi connectivity index (χ4v) is 2.65. The highest BCUT2D eigenvalue weighted by atomic mass is 16.5. The maximum absolute atomic E-state index is 12.4. The summed E-state index contributed by atoms with van der Waals surface area (Å²) in [5.41, 5.74) is 8.68. The Kier molecular flexibility index (Phi) is 7.89. The van der Waals surface area contributed by atoms with Crippen molar-refractivity contribution in [3.05, 3.63) is 71.3 Å². The van der Waals surface area contributed by atoms with Gasteiger partial charge in [-0.25, -0.2) is 0 Å². The molecule has 5 heteroatoms. The number of amides is 1. The Hall–Kier alpha value is -2.79. The van der Waals surface area contributed by atoms with E-state index in [0.717, 1.165) is 16.7 Å². The topological polar surface area (TPSA) is 64.8 Å². The van der Waals surface area contributed by atoms with Crippen LogP contribution in [-0.4, -0.2) is 31.0 Å². The maximum Gasteiger partial charge on any atom is 0.246 e. The van der Waals surface area contributed by atoms with E-state index in [4.69, 9.17) is 15.2 Å². The van der Waals surface area contributed by atoms with Gasteiger partial charge in [0.2, 0.25) is 5.91 Å². The highest BCUT2D eigenvalue weighted by molar-refractivity contribution is 5.88. The van der Waals surface area contributed by atoms with Gasteiger partial charge in [0.05, 0.1) is 7.11 Å². The molecule has 0 fully saturated rings. The van der Waals surface area contributed by atoms with Crippen LogP contribution < -0.4 is 15.2 Å². The number of benzene rings is 2. The quantitative estimate of drug-likeness (QED) is 0.688. The van der Waals surface area contributed by atoms with Gasteiger partial charge in [-0.3, -0.25) is 4.79 Å². The van der Waals surface area contributed by atoms with Crippen molar-refractivity contribution >= 4 is 5.91 Å². The molecule has 0 atom stereocenters. The second-order valence-corrected chi connectivity index (χ2v) is 6.53. The number of nitrogens with two attached hydrogens (primary N) is 1. The Balaban J connectivity index is 2.11. The minimum absolute atomic E-state index is 0.0381. The number of rotatable bonds is 9. The van der Waals surface area contributed by atoms with Crippen LogP contribution >= 0.6 is 0 Å². The molecule has 0 heterocycles. The highest BCUT2D eigenvalue weighted by Crippen LogP contribution is 2.29. The summed E-state index contributed by atoms with van der Waals surface area (Å²) in [5.74, 6) is 1.28. The van der Waals surface area contributed by atoms with Crippen molar-refractivity contribution in [2.24, 2.45) is 5.73 Å². The second kappa shape index (κ2) is 10.4. The summed E-state index contributed by atoms with van der Waals surface area (Å²) in [7, 11) is 1.61. The molecule has 0 aliphatic heterocycles. The number of hydrogen-bond donors (Lipinski definition) is 1. The van der Waals surface area contributed by atoms with Gasteiger partial charge in [0.15, 0.2) is 11.5 Å². The number of allylic oxidation sites excluding steroid dienone is 1. The number of ether oxygens (including phenoxy) is 2. The van der Waals surface area contributed by atoms with E-state index in [1.54, 1.807) is 18.1 Å². The molecule has 0 aliphatic rings. The first-order chi connectivity index (χ1) is 13.0. The van der Waals surface area contributed by atoms with E-state index in [0.29, 0.717) is 37.7 Å². The minimum Gasteiger partial charge on any atom is -0.493 e. The molecule has 2 aromatic rings. The summed E-state index contributed by atoms with van der Waals surface area (Å²) in [5, 5.41) is 0. The van der Waals surface area contributed by atoms with Gasteiger partial charge in [-0.1, -0.05) is 42.0 Å². The molecule has 0 aromatic heterocycles. The van der Waals surface area contributed by atoms with Gasteiger partial charge in [-0.05, 0) is 37.1 Å². The highest BCUT2D eigenvalue weighted by Gasteiger charge is 2.13. The number of carbonyl (C=O) groups is 1. The van der Waals surface area contributed by atoms with E-state index in [9.17, 15) is 4.79 Å². The first-order valence-electron chi connectivity index (χ1n) is 9.01. The molecular weight excluding hydrogens is 340 g/mol. The Morgan fingerprint density at radius 3 is 2.44 bits per heavy atom. The molecule has 1 amide bonds. The van der Waals surface area contributed by atoms with E-state index >= 15 is 0 Å². The number of hydrogen-bond acceptors (Lipinski definition) is 4. The Morgan fingerprint density at radius 2 is 1.81 bits per heavy atom. The van der Waals surface area contributed by atoms with Crippen LogP contribution in [0.4, 0.5) is 0 Å². The van der Waals surface area contributed by atoms with Crippen molar-refractivity contribution < 1.29 is 14.3 Å². The van der Waals surface area contributed by atoms with Crippen LogP contribution in [0.1, 0.15) is 25.0 Å². The number of carbonyl (C=O) groups excluding carboxylic acids is 1. The first kappa shape index (κ1) is 20.5. The lowest BCUT2D eigenvalue weighted by Gasteiger charge is -2.21.